The monoisotopic (exact) mass is 427 g/mol. The van der Waals surface area contributed by atoms with Crippen LogP contribution in [-0.2, 0) is 9.53 Å². The van der Waals surface area contributed by atoms with Crippen LogP contribution in [0.5, 0.6) is 5.88 Å². The van der Waals surface area contributed by atoms with Crippen LogP contribution >= 0.6 is 0 Å². The molecule has 1 saturated heterocycles. The number of halogens is 1. The smallest absolute Gasteiger partial charge is 0.252 e. The normalized spacial score (nSPS) is 21.0. The van der Waals surface area contributed by atoms with E-state index in [-0.39, 0.29) is 37.6 Å². The van der Waals surface area contributed by atoms with E-state index in [0.29, 0.717) is 47.9 Å². The Morgan fingerprint density at radius 3 is 3.13 bits per heavy atom. The Morgan fingerprint density at radius 2 is 2.26 bits per heavy atom. The summed E-state index contributed by atoms with van der Waals surface area (Å²) in [7, 11) is 0. The van der Waals surface area contributed by atoms with Crippen LogP contribution in [-0.4, -0.2) is 75.6 Å². The lowest BCUT2D eigenvalue weighted by molar-refractivity contribution is -0.138. The predicted octanol–water partition coefficient (Wildman–Crippen LogP) is 1.32. The summed E-state index contributed by atoms with van der Waals surface area (Å²) in [4.78, 5) is 19.1. The van der Waals surface area contributed by atoms with Crippen molar-refractivity contribution >= 4 is 17.2 Å². The van der Waals surface area contributed by atoms with Crippen molar-refractivity contribution in [1.82, 2.24) is 19.5 Å². The summed E-state index contributed by atoms with van der Waals surface area (Å²) >= 11 is 0. The molecule has 0 unspecified atom stereocenters. The molecule has 3 aromatic rings. The molecular formula is C21H22FN5O4. The number of carbonyl (C=O) groups is 1. The molecule has 0 radical (unpaired) electrons. The van der Waals surface area contributed by atoms with Gasteiger partial charge in [0, 0.05) is 43.0 Å². The topological polar surface area (TPSA) is 101 Å². The number of aliphatic hydroxyl groups excluding tert-OH is 1. The van der Waals surface area contributed by atoms with Gasteiger partial charge in [-0.2, -0.15) is 10.1 Å². The number of rotatable bonds is 3. The number of ether oxygens (including phenoxy) is 2. The molecule has 4 heterocycles. The minimum Gasteiger partial charge on any atom is -0.475 e. The number of nitrogens with one attached hydrogen (secondary N) is 1. The molecule has 10 heteroatoms. The van der Waals surface area contributed by atoms with Crippen molar-refractivity contribution < 1.29 is 23.8 Å². The summed E-state index contributed by atoms with van der Waals surface area (Å²) in [5.74, 6) is -0.128. The Balaban J connectivity index is 1.51. The fraction of sp³-hybridized carbons (Fsp3) is 0.381. The SMILES string of the molecule is O=C1[C@H](OCCO)C[C@H]2COc3ccn4ncc(c4n3)-c3cc(F)cc(c3)NCCN12. The summed E-state index contributed by atoms with van der Waals surface area (Å²) in [6.07, 6.45) is 3.23. The van der Waals surface area contributed by atoms with Crippen molar-refractivity contribution in [2.75, 3.05) is 38.2 Å². The number of carbonyl (C=O) groups excluding carboxylic acids is 1. The number of hydrogen-bond acceptors (Lipinski definition) is 7. The first-order valence-electron chi connectivity index (χ1n) is 10.2. The highest BCUT2D eigenvalue weighted by molar-refractivity contribution is 5.84. The van der Waals surface area contributed by atoms with Crippen LogP contribution in [0, 0.1) is 5.82 Å². The van der Waals surface area contributed by atoms with Gasteiger partial charge in [0.05, 0.1) is 25.5 Å². The molecule has 1 amide bonds. The number of aromatic nitrogens is 3. The zero-order valence-electron chi connectivity index (χ0n) is 16.7. The van der Waals surface area contributed by atoms with Gasteiger partial charge in [-0.3, -0.25) is 4.79 Å². The predicted molar refractivity (Wildman–Crippen MR) is 109 cm³/mol. The van der Waals surface area contributed by atoms with Gasteiger partial charge in [0.25, 0.3) is 5.91 Å². The molecule has 31 heavy (non-hydrogen) atoms. The molecule has 9 nitrogen and oxygen atoms in total. The molecule has 2 aliphatic rings. The van der Waals surface area contributed by atoms with Crippen LogP contribution in [0.1, 0.15) is 6.42 Å². The Bertz CT molecular complexity index is 1120. The maximum absolute atomic E-state index is 14.3. The maximum Gasteiger partial charge on any atom is 0.252 e. The summed E-state index contributed by atoms with van der Waals surface area (Å²) in [6.45, 7) is 1.06. The average molecular weight is 427 g/mol. The van der Waals surface area contributed by atoms with E-state index in [1.54, 1.807) is 27.9 Å². The van der Waals surface area contributed by atoms with Crippen LogP contribution in [0.15, 0.2) is 36.7 Å². The highest BCUT2D eigenvalue weighted by Gasteiger charge is 2.40. The van der Waals surface area contributed by atoms with Crippen molar-refractivity contribution in [2.24, 2.45) is 0 Å². The van der Waals surface area contributed by atoms with Gasteiger partial charge in [-0.15, -0.1) is 0 Å². The Morgan fingerprint density at radius 1 is 1.35 bits per heavy atom. The molecule has 162 valence electrons. The van der Waals surface area contributed by atoms with E-state index < -0.39 is 6.10 Å². The molecule has 1 aromatic carbocycles. The van der Waals surface area contributed by atoms with Crippen LogP contribution in [0.2, 0.25) is 0 Å². The maximum atomic E-state index is 14.3. The van der Waals surface area contributed by atoms with Gasteiger partial charge in [0.1, 0.15) is 18.5 Å². The molecule has 2 atom stereocenters. The molecule has 0 aliphatic carbocycles. The highest BCUT2D eigenvalue weighted by atomic mass is 19.1. The van der Waals surface area contributed by atoms with Crippen LogP contribution < -0.4 is 10.1 Å². The number of anilines is 1. The van der Waals surface area contributed by atoms with Gasteiger partial charge >= 0.3 is 0 Å². The Kier molecular flexibility index (Phi) is 5.16. The van der Waals surface area contributed by atoms with Crippen LogP contribution in [0.25, 0.3) is 16.8 Å². The molecular weight excluding hydrogens is 405 g/mol. The van der Waals surface area contributed by atoms with Crippen molar-refractivity contribution in [3.05, 3.63) is 42.5 Å². The third-order valence-corrected chi connectivity index (χ3v) is 5.55. The summed E-state index contributed by atoms with van der Waals surface area (Å²) in [6, 6.07) is 6.18. The number of hydrogen-bond donors (Lipinski definition) is 2. The second-order valence-electron chi connectivity index (χ2n) is 7.56. The third-order valence-electron chi connectivity index (χ3n) is 5.55. The van der Waals surface area contributed by atoms with E-state index >= 15 is 0 Å². The summed E-state index contributed by atoms with van der Waals surface area (Å²) in [5.41, 5.74) is 2.50. The van der Waals surface area contributed by atoms with Crippen molar-refractivity contribution in [1.29, 1.82) is 0 Å². The van der Waals surface area contributed by atoms with Gasteiger partial charge in [-0.05, 0) is 23.8 Å². The van der Waals surface area contributed by atoms with Crippen LogP contribution in [0.3, 0.4) is 0 Å². The minimum atomic E-state index is -0.617. The van der Waals surface area contributed by atoms with Gasteiger partial charge in [-0.25, -0.2) is 8.91 Å². The van der Waals surface area contributed by atoms with Gasteiger partial charge in [0.2, 0.25) is 5.88 Å². The quantitative estimate of drug-likeness (QED) is 0.650. The standard InChI is InChI=1S/C21H22FN5O4/c22-14-7-13-8-15(9-14)23-2-4-26-16(10-18(21(26)29)30-6-5-28)12-31-19-1-3-27-20(25-19)17(13)11-24-27/h1,3,7-9,11,16,18,23,28H,2,4-6,10,12H2/t16-,18+/m0/s1. The molecule has 5 rings (SSSR count). The highest BCUT2D eigenvalue weighted by Crippen LogP contribution is 2.29. The van der Waals surface area contributed by atoms with Gasteiger partial charge in [-0.1, -0.05) is 0 Å². The molecule has 0 spiro atoms. The number of amides is 1. The number of nitrogens with zero attached hydrogens (tertiary/aromatic N) is 4. The third kappa shape index (κ3) is 3.79. The lowest BCUT2D eigenvalue weighted by atomic mass is 10.1. The largest absolute Gasteiger partial charge is 0.475 e. The zero-order valence-corrected chi connectivity index (χ0v) is 16.7. The Hall–Kier alpha value is -3.24. The second kappa shape index (κ2) is 8.12. The second-order valence-corrected chi connectivity index (χ2v) is 7.56. The van der Waals surface area contributed by atoms with E-state index in [1.807, 2.05) is 6.07 Å². The lowest BCUT2D eigenvalue weighted by Crippen LogP contribution is -2.41. The van der Waals surface area contributed by atoms with Crippen molar-refractivity contribution in [3.8, 4) is 17.0 Å². The fourth-order valence-corrected chi connectivity index (χ4v) is 4.11. The minimum absolute atomic E-state index is 0.102. The molecule has 0 saturated carbocycles. The van der Waals surface area contributed by atoms with E-state index in [4.69, 9.17) is 14.6 Å². The molecule has 2 N–H and O–H groups in total. The van der Waals surface area contributed by atoms with Gasteiger partial charge in [0.15, 0.2) is 5.65 Å². The number of fused-ring (bicyclic) bond motifs is 5. The fourth-order valence-electron chi connectivity index (χ4n) is 4.11. The van der Waals surface area contributed by atoms with Crippen LogP contribution in [0.4, 0.5) is 10.1 Å². The van der Waals surface area contributed by atoms with E-state index in [0.717, 1.165) is 0 Å². The average Bonchev–Trinajstić information content (AvgIpc) is 3.31. The van der Waals surface area contributed by atoms with Crippen molar-refractivity contribution in [3.63, 3.8) is 0 Å². The number of benzene rings is 1. The molecule has 1 fully saturated rings. The summed E-state index contributed by atoms with van der Waals surface area (Å²) in [5, 5.41) is 16.5. The van der Waals surface area contributed by atoms with E-state index in [9.17, 15) is 9.18 Å². The van der Waals surface area contributed by atoms with E-state index in [2.05, 4.69) is 15.4 Å². The zero-order chi connectivity index (χ0) is 21.4. The van der Waals surface area contributed by atoms with E-state index in [1.165, 1.54) is 12.1 Å². The first-order valence-corrected chi connectivity index (χ1v) is 10.2. The molecule has 2 aliphatic heterocycles. The van der Waals surface area contributed by atoms with Crippen molar-refractivity contribution in [2.45, 2.75) is 18.6 Å². The lowest BCUT2D eigenvalue weighted by Gasteiger charge is -2.25. The van der Waals surface area contributed by atoms with Gasteiger partial charge < -0.3 is 24.8 Å². The number of aliphatic hydroxyl groups is 1. The first kappa shape index (κ1) is 19.7. The first-order chi connectivity index (χ1) is 15.1. The Labute approximate surface area is 177 Å². The molecule has 4 bridgehead atoms. The summed E-state index contributed by atoms with van der Waals surface area (Å²) < 4.78 is 27.4. The molecule has 2 aromatic heterocycles.